The number of carbonyl (C=O) groups excluding carboxylic acids is 1. The Kier molecular flexibility index (Phi) is 7.17. The van der Waals surface area contributed by atoms with E-state index >= 15 is 0 Å². The van der Waals surface area contributed by atoms with Crippen LogP contribution in [0.5, 0.6) is 0 Å². The molecule has 0 aromatic heterocycles. The molecule has 0 aliphatic heterocycles. The summed E-state index contributed by atoms with van der Waals surface area (Å²) in [5.74, 6) is -0.616. The largest absolute Gasteiger partial charge is 0.462 e. The van der Waals surface area contributed by atoms with Gasteiger partial charge in [0, 0.05) is 7.11 Å². The van der Waals surface area contributed by atoms with Crippen molar-refractivity contribution in [1.29, 1.82) is 0 Å². The minimum Gasteiger partial charge on any atom is -0.462 e. The molecule has 0 heterocycles. The number of rotatable bonds is 8. The molecule has 2 aromatic rings. The molecule has 2 aromatic carbocycles. The van der Waals surface area contributed by atoms with Gasteiger partial charge in [-0.3, -0.25) is 0 Å². The average Bonchev–Trinajstić information content (AvgIpc) is 2.62. The second-order valence-corrected chi connectivity index (χ2v) is 5.44. The molecule has 0 saturated heterocycles. The summed E-state index contributed by atoms with van der Waals surface area (Å²) in [4.78, 5) is 11.7. The van der Waals surface area contributed by atoms with E-state index in [1.807, 2.05) is 0 Å². The van der Waals surface area contributed by atoms with Crippen LogP contribution in [0, 0.1) is 0 Å². The highest BCUT2D eigenvalue weighted by Crippen LogP contribution is 2.33. The highest BCUT2D eigenvalue weighted by molar-refractivity contribution is 5.70. The third-order valence-corrected chi connectivity index (χ3v) is 3.54. The van der Waals surface area contributed by atoms with Gasteiger partial charge in [0.25, 0.3) is 0 Å². The fourth-order valence-corrected chi connectivity index (χ4v) is 2.32. The van der Waals surface area contributed by atoms with Gasteiger partial charge in [-0.15, -0.1) is 0 Å². The predicted molar refractivity (Wildman–Crippen MR) is 88.5 cm³/mol. The van der Waals surface area contributed by atoms with Crippen molar-refractivity contribution in [2.75, 3.05) is 26.9 Å². The third-order valence-electron chi connectivity index (χ3n) is 3.54. The van der Waals surface area contributed by atoms with Crippen LogP contribution >= 0.6 is 0 Å². The molecule has 0 amide bonds. The Balaban J connectivity index is 2.19. The quantitative estimate of drug-likeness (QED) is 0.522. The van der Waals surface area contributed by atoms with Crippen molar-refractivity contribution in [3.63, 3.8) is 0 Å². The molecule has 0 saturated carbocycles. The molecular formula is C19H19F3O4. The third kappa shape index (κ3) is 5.86. The number of esters is 1. The number of halogens is 3. The van der Waals surface area contributed by atoms with Crippen LogP contribution in [0.1, 0.15) is 22.8 Å². The number of hydrogen-bond acceptors (Lipinski definition) is 4. The monoisotopic (exact) mass is 368 g/mol. The minimum absolute atomic E-state index is 0.0816. The zero-order valence-corrected chi connectivity index (χ0v) is 14.2. The highest BCUT2D eigenvalue weighted by atomic mass is 19.4. The fraction of sp³-hybridized carbons (Fsp3) is 0.316. The van der Waals surface area contributed by atoms with Gasteiger partial charge in [-0.2, -0.15) is 13.2 Å². The smallest absolute Gasteiger partial charge is 0.416 e. The molecule has 1 unspecified atom stereocenters. The lowest BCUT2D eigenvalue weighted by Crippen LogP contribution is -2.18. The lowest BCUT2D eigenvalue weighted by molar-refractivity contribution is -0.151. The Labute approximate surface area is 149 Å². The molecule has 7 heteroatoms. The van der Waals surface area contributed by atoms with Gasteiger partial charge in [0.2, 0.25) is 0 Å². The van der Waals surface area contributed by atoms with Crippen LogP contribution in [-0.2, 0) is 25.2 Å². The van der Waals surface area contributed by atoms with Crippen LogP contribution < -0.4 is 0 Å². The van der Waals surface area contributed by atoms with Crippen molar-refractivity contribution in [2.45, 2.75) is 12.3 Å². The van der Waals surface area contributed by atoms with Gasteiger partial charge in [-0.25, -0.2) is 4.79 Å². The van der Waals surface area contributed by atoms with E-state index in [-0.39, 0.29) is 19.8 Å². The molecule has 0 N–H and O–H groups in total. The highest BCUT2D eigenvalue weighted by Gasteiger charge is 2.31. The molecule has 0 fully saturated rings. The van der Waals surface area contributed by atoms with Gasteiger partial charge < -0.3 is 14.2 Å². The van der Waals surface area contributed by atoms with Crippen molar-refractivity contribution in [1.82, 2.24) is 0 Å². The van der Waals surface area contributed by atoms with Crippen molar-refractivity contribution in [3.05, 3.63) is 71.3 Å². The normalized spacial score (nSPS) is 12.6. The van der Waals surface area contributed by atoms with Gasteiger partial charge in [0.05, 0.1) is 12.2 Å². The average molecular weight is 368 g/mol. The first-order valence-corrected chi connectivity index (χ1v) is 7.90. The zero-order valence-electron chi connectivity index (χ0n) is 14.2. The number of methoxy groups -OCH3 is 1. The number of alkyl halides is 3. The SMILES string of the molecule is COCCOC(=O)COC(c1ccccc1)c1cccc(C(F)(F)F)c1. The van der Waals surface area contributed by atoms with Crippen LogP contribution in [0.2, 0.25) is 0 Å². The summed E-state index contributed by atoms with van der Waals surface area (Å²) in [5, 5.41) is 0. The Morgan fingerprint density at radius 2 is 1.69 bits per heavy atom. The van der Waals surface area contributed by atoms with Gasteiger partial charge in [-0.1, -0.05) is 42.5 Å². The minimum atomic E-state index is -4.46. The van der Waals surface area contributed by atoms with E-state index in [4.69, 9.17) is 14.2 Å². The second-order valence-electron chi connectivity index (χ2n) is 5.44. The first-order valence-electron chi connectivity index (χ1n) is 7.90. The summed E-state index contributed by atoms with van der Waals surface area (Å²) in [6.45, 7) is -0.0563. The van der Waals surface area contributed by atoms with Crippen molar-refractivity contribution in [3.8, 4) is 0 Å². The Morgan fingerprint density at radius 3 is 2.35 bits per heavy atom. The Hall–Kier alpha value is -2.38. The van der Waals surface area contributed by atoms with Gasteiger partial charge in [0.1, 0.15) is 19.3 Å². The molecule has 4 nitrogen and oxygen atoms in total. The van der Waals surface area contributed by atoms with E-state index in [0.717, 1.165) is 12.1 Å². The van der Waals surface area contributed by atoms with E-state index in [1.165, 1.54) is 19.2 Å². The molecule has 140 valence electrons. The van der Waals surface area contributed by atoms with E-state index in [1.54, 1.807) is 30.3 Å². The van der Waals surface area contributed by atoms with E-state index in [2.05, 4.69) is 0 Å². The number of carbonyl (C=O) groups is 1. The molecule has 1 atom stereocenters. The number of hydrogen-bond donors (Lipinski definition) is 0. The summed E-state index contributed by atoms with van der Waals surface area (Å²) in [7, 11) is 1.48. The molecule has 0 aliphatic carbocycles. The maximum atomic E-state index is 13.0. The van der Waals surface area contributed by atoms with E-state index in [0.29, 0.717) is 11.1 Å². The van der Waals surface area contributed by atoms with Crippen LogP contribution in [0.3, 0.4) is 0 Å². The zero-order chi connectivity index (χ0) is 19.0. The van der Waals surface area contributed by atoms with Crippen LogP contribution in [0.25, 0.3) is 0 Å². The summed E-state index contributed by atoms with van der Waals surface area (Å²) < 4.78 is 54.3. The summed E-state index contributed by atoms with van der Waals surface area (Å²) >= 11 is 0. The first kappa shape index (κ1) is 19.9. The van der Waals surface area contributed by atoms with Gasteiger partial charge in [-0.05, 0) is 23.3 Å². The number of ether oxygens (including phenoxy) is 3. The van der Waals surface area contributed by atoms with Crippen LogP contribution in [-0.4, -0.2) is 32.9 Å². The van der Waals surface area contributed by atoms with Crippen molar-refractivity contribution >= 4 is 5.97 Å². The maximum Gasteiger partial charge on any atom is 0.416 e. The molecule has 0 radical (unpaired) electrons. The lowest BCUT2D eigenvalue weighted by Gasteiger charge is -2.20. The van der Waals surface area contributed by atoms with Crippen LogP contribution in [0.4, 0.5) is 13.2 Å². The summed E-state index contributed by atoms with van der Waals surface area (Å²) in [6.07, 6.45) is -5.29. The summed E-state index contributed by atoms with van der Waals surface area (Å²) in [6, 6.07) is 13.6. The van der Waals surface area contributed by atoms with Gasteiger partial charge >= 0.3 is 12.1 Å². The second kappa shape index (κ2) is 9.35. The fourth-order valence-electron chi connectivity index (χ4n) is 2.32. The Morgan fingerprint density at radius 1 is 1.00 bits per heavy atom. The summed E-state index contributed by atoms with van der Waals surface area (Å²) in [5.41, 5.74) is 0.162. The van der Waals surface area contributed by atoms with E-state index in [9.17, 15) is 18.0 Å². The molecule has 26 heavy (non-hydrogen) atoms. The topological polar surface area (TPSA) is 44.8 Å². The Bertz CT molecular complexity index is 701. The van der Waals surface area contributed by atoms with Crippen molar-refractivity contribution in [2.24, 2.45) is 0 Å². The molecule has 0 spiro atoms. The van der Waals surface area contributed by atoms with E-state index < -0.39 is 23.8 Å². The molecular weight excluding hydrogens is 349 g/mol. The van der Waals surface area contributed by atoms with Crippen LogP contribution in [0.15, 0.2) is 54.6 Å². The maximum absolute atomic E-state index is 13.0. The molecule has 0 aliphatic rings. The first-order chi connectivity index (χ1) is 12.4. The number of benzene rings is 2. The van der Waals surface area contributed by atoms with Gasteiger partial charge in [0.15, 0.2) is 0 Å². The predicted octanol–water partition coefficient (Wildman–Crippen LogP) is 4.00. The standard InChI is InChI=1S/C19H19F3O4/c1-24-10-11-25-17(23)13-26-18(14-6-3-2-4-7-14)15-8-5-9-16(12-15)19(20,21)22/h2-9,12,18H,10-11,13H2,1H3. The lowest BCUT2D eigenvalue weighted by atomic mass is 9.99. The molecule has 0 bridgehead atoms. The molecule has 2 rings (SSSR count). The van der Waals surface area contributed by atoms with Crippen molar-refractivity contribution < 1.29 is 32.2 Å².